The van der Waals surface area contributed by atoms with E-state index in [1.165, 1.54) is 12.8 Å². The lowest BCUT2D eigenvalue weighted by Crippen LogP contribution is -2.40. The minimum atomic E-state index is -2.73. The van der Waals surface area contributed by atoms with Gasteiger partial charge in [-0.2, -0.15) is 0 Å². The summed E-state index contributed by atoms with van der Waals surface area (Å²) in [6.45, 7) is 2.73. The van der Waals surface area contributed by atoms with Crippen molar-refractivity contribution in [2.24, 2.45) is 0 Å². The molecule has 0 unspecified atom stereocenters. The molecule has 1 fully saturated rings. The topological polar surface area (TPSA) is 57.6 Å². The van der Waals surface area contributed by atoms with Crippen molar-refractivity contribution in [3.63, 3.8) is 0 Å². The molecule has 0 atom stereocenters. The summed E-state index contributed by atoms with van der Waals surface area (Å²) in [5.41, 5.74) is 0. The van der Waals surface area contributed by atoms with Crippen LogP contribution in [0.5, 0.6) is 0 Å². The first-order valence-electron chi connectivity index (χ1n) is 6.18. The summed E-state index contributed by atoms with van der Waals surface area (Å²) in [4.78, 5) is 2.24. The number of aliphatic hydroxyl groups is 1. The Morgan fingerprint density at radius 1 is 0.938 bits per heavy atom. The van der Waals surface area contributed by atoms with E-state index >= 15 is 0 Å². The third-order valence-electron chi connectivity index (χ3n) is 3.07. The average Bonchev–Trinajstić information content (AvgIpc) is 2.25. The van der Waals surface area contributed by atoms with Crippen molar-refractivity contribution in [2.45, 2.75) is 32.1 Å². The Balaban J connectivity index is 1.98. The third kappa shape index (κ3) is 5.82. The summed E-state index contributed by atoms with van der Waals surface area (Å²) in [6, 6.07) is 0. The van der Waals surface area contributed by atoms with E-state index < -0.39 is 9.84 Å². The number of hydrogen-bond donors (Lipinski definition) is 1. The maximum absolute atomic E-state index is 11.2. The van der Waals surface area contributed by atoms with Gasteiger partial charge in [0.05, 0.1) is 11.5 Å². The summed E-state index contributed by atoms with van der Waals surface area (Å²) in [6.07, 6.45) is 5.51. The molecule has 1 rings (SSSR count). The lowest BCUT2D eigenvalue weighted by atomic mass is 10.1. The Bertz CT molecular complexity index is 263. The molecule has 0 bridgehead atoms. The molecule has 1 aliphatic rings. The minimum Gasteiger partial charge on any atom is -0.396 e. The second-order valence-corrected chi connectivity index (χ2v) is 6.79. The van der Waals surface area contributed by atoms with Gasteiger partial charge in [0.1, 0.15) is 0 Å². The standard InChI is InChI=1S/C11H23NO3S/c13-9-5-3-1-2-4-6-12-7-10-16(14,15)11-8-12/h13H,1-11H2. The Hall–Kier alpha value is -0.130. The molecule has 1 aliphatic heterocycles. The lowest BCUT2D eigenvalue weighted by Gasteiger charge is -2.26. The summed E-state index contributed by atoms with van der Waals surface area (Å²) in [5, 5.41) is 8.61. The third-order valence-corrected chi connectivity index (χ3v) is 4.68. The van der Waals surface area contributed by atoms with Crippen LogP contribution in [0.25, 0.3) is 0 Å². The van der Waals surface area contributed by atoms with Gasteiger partial charge in [-0.3, -0.25) is 0 Å². The number of hydrogen-bond acceptors (Lipinski definition) is 4. The van der Waals surface area contributed by atoms with Gasteiger partial charge < -0.3 is 10.0 Å². The van der Waals surface area contributed by atoms with E-state index in [0.717, 1.165) is 25.8 Å². The highest BCUT2D eigenvalue weighted by Crippen LogP contribution is 2.07. The van der Waals surface area contributed by atoms with Crippen LogP contribution >= 0.6 is 0 Å². The van der Waals surface area contributed by atoms with Crippen LogP contribution in [0.2, 0.25) is 0 Å². The van der Waals surface area contributed by atoms with Crippen molar-refractivity contribution in [1.29, 1.82) is 0 Å². The van der Waals surface area contributed by atoms with Crippen molar-refractivity contribution in [1.82, 2.24) is 4.90 Å². The van der Waals surface area contributed by atoms with Gasteiger partial charge in [0.15, 0.2) is 9.84 Å². The second kappa shape index (κ2) is 7.25. The number of unbranched alkanes of at least 4 members (excludes halogenated alkanes) is 4. The van der Waals surface area contributed by atoms with Crippen LogP contribution in [0.1, 0.15) is 32.1 Å². The monoisotopic (exact) mass is 249 g/mol. The maximum Gasteiger partial charge on any atom is 0.152 e. The number of nitrogens with zero attached hydrogens (tertiary/aromatic N) is 1. The summed E-state index contributed by atoms with van der Waals surface area (Å²) < 4.78 is 22.4. The zero-order valence-electron chi connectivity index (χ0n) is 9.90. The Morgan fingerprint density at radius 3 is 2.12 bits per heavy atom. The second-order valence-electron chi connectivity index (χ2n) is 4.48. The minimum absolute atomic E-state index is 0.296. The molecule has 1 saturated heterocycles. The molecular formula is C11H23NO3S. The van der Waals surface area contributed by atoms with Crippen LogP contribution in [-0.4, -0.2) is 56.2 Å². The van der Waals surface area contributed by atoms with Crippen molar-refractivity contribution < 1.29 is 13.5 Å². The van der Waals surface area contributed by atoms with Crippen molar-refractivity contribution in [3.8, 4) is 0 Å². The molecule has 0 aromatic rings. The molecule has 0 aliphatic carbocycles. The molecule has 0 saturated carbocycles. The van der Waals surface area contributed by atoms with Crippen LogP contribution < -0.4 is 0 Å². The first-order chi connectivity index (χ1) is 7.64. The first kappa shape index (κ1) is 13.9. The van der Waals surface area contributed by atoms with E-state index in [1.807, 2.05) is 0 Å². The van der Waals surface area contributed by atoms with Crippen molar-refractivity contribution >= 4 is 9.84 Å². The van der Waals surface area contributed by atoms with Crippen LogP contribution in [0.3, 0.4) is 0 Å². The van der Waals surface area contributed by atoms with E-state index in [1.54, 1.807) is 0 Å². The molecule has 1 heterocycles. The quantitative estimate of drug-likeness (QED) is 0.673. The van der Waals surface area contributed by atoms with Crippen LogP contribution in [0.15, 0.2) is 0 Å². The molecule has 0 aromatic heterocycles. The van der Waals surface area contributed by atoms with E-state index in [2.05, 4.69) is 4.90 Å². The van der Waals surface area contributed by atoms with Crippen LogP contribution in [0, 0.1) is 0 Å². The highest BCUT2D eigenvalue weighted by molar-refractivity contribution is 7.91. The van der Waals surface area contributed by atoms with E-state index in [0.29, 0.717) is 31.2 Å². The van der Waals surface area contributed by atoms with Crippen LogP contribution in [0.4, 0.5) is 0 Å². The molecule has 5 heteroatoms. The first-order valence-corrected chi connectivity index (χ1v) is 8.00. The number of sulfone groups is 1. The van der Waals surface area contributed by atoms with Gasteiger partial charge >= 0.3 is 0 Å². The van der Waals surface area contributed by atoms with Gasteiger partial charge in [-0.05, 0) is 19.4 Å². The Labute approximate surface area is 98.6 Å². The van der Waals surface area contributed by atoms with Crippen molar-refractivity contribution in [3.05, 3.63) is 0 Å². The van der Waals surface area contributed by atoms with Gasteiger partial charge in [0, 0.05) is 19.7 Å². The largest absolute Gasteiger partial charge is 0.396 e. The Kier molecular flexibility index (Phi) is 6.31. The molecule has 0 aromatic carbocycles. The Morgan fingerprint density at radius 2 is 1.50 bits per heavy atom. The zero-order chi connectivity index (χ0) is 11.9. The van der Waals surface area contributed by atoms with E-state index in [4.69, 9.17) is 5.11 Å². The van der Waals surface area contributed by atoms with Crippen molar-refractivity contribution in [2.75, 3.05) is 37.7 Å². The molecule has 0 amide bonds. The van der Waals surface area contributed by atoms with Gasteiger partial charge in [0.25, 0.3) is 0 Å². The summed E-state index contributed by atoms with van der Waals surface area (Å²) in [5.74, 6) is 0.662. The fraction of sp³-hybridized carbons (Fsp3) is 1.00. The van der Waals surface area contributed by atoms with Gasteiger partial charge in [-0.1, -0.05) is 19.3 Å². The lowest BCUT2D eigenvalue weighted by molar-refractivity contribution is 0.275. The number of aliphatic hydroxyl groups excluding tert-OH is 1. The predicted molar refractivity (Wildman–Crippen MR) is 65.3 cm³/mol. The van der Waals surface area contributed by atoms with Gasteiger partial charge in [-0.15, -0.1) is 0 Å². The maximum atomic E-state index is 11.2. The van der Waals surface area contributed by atoms with E-state index in [9.17, 15) is 8.42 Å². The fourth-order valence-corrected chi connectivity index (χ4v) is 3.23. The van der Waals surface area contributed by atoms with Gasteiger partial charge in [-0.25, -0.2) is 8.42 Å². The molecule has 1 N–H and O–H groups in total. The molecule has 0 spiro atoms. The molecule has 0 radical (unpaired) electrons. The predicted octanol–water partition coefficient (Wildman–Crippen LogP) is 0.660. The highest BCUT2D eigenvalue weighted by Gasteiger charge is 2.20. The molecule has 16 heavy (non-hydrogen) atoms. The normalized spacial score (nSPS) is 21.1. The van der Waals surface area contributed by atoms with Gasteiger partial charge in [0.2, 0.25) is 0 Å². The zero-order valence-corrected chi connectivity index (χ0v) is 10.7. The highest BCUT2D eigenvalue weighted by atomic mass is 32.2. The molecule has 96 valence electrons. The number of rotatable bonds is 7. The van der Waals surface area contributed by atoms with E-state index in [-0.39, 0.29) is 0 Å². The summed E-state index contributed by atoms with van der Waals surface area (Å²) in [7, 11) is -2.73. The molecule has 4 nitrogen and oxygen atoms in total. The summed E-state index contributed by atoms with van der Waals surface area (Å²) >= 11 is 0. The average molecular weight is 249 g/mol. The SMILES string of the molecule is O=S1(=O)CCN(CCCCCCCO)CC1. The molecular weight excluding hydrogens is 226 g/mol. The smallest absolute Gasteiger partial charge is 0.152 e. The fourth-order valence-electron chi connectivity index (χ4n) is 1.95. The van der Waals surface area contributed by atoms with Crippen LogP contribution in [-0.2, 0) is 9.84 Å².